The third-order valence-corrected chi connectivity index (χ3v) is 9.23. The van der Waals surface area contributed by atoms with E-state index in [0.29, 0.717) is 10.8 Å². The van der Waals surface area contributed by atoms with Gasteiger partial charge in [-0.3, -0.25) is 0 Å². The van der Waals surface area contributed by atoms with Gasteiger partial charge in [0.25, 0.3) is 0 Å². The second kappa shape index (κ2) is 4.89. The average Bonchev–Trinajstić information content (AvgIpc) is 2.23. The van der Waals surface area contributed by atoms with Gasteiger partial charge in [0, 0.05) is 5.25 Å². The fourth-order valence-corrected chi connectivity index (χ4v) is 6.27. The standard InChI is InChI=1S/C17H34S/c1-13-10-11-17(6,7)14(2)15(18(13,8)9)12-16(3,4)5/h13,15H,2,10-12H2,1,3-9H3. The summed E-state index contributed by atoms with van der Waals surface area (Å²) < 4.78 is 0. The molecule has 0 spiro atoms. The molecule has 1 heteroatoms. The summed E-state index contributed by atoms with van der Waals surface area (Å²) in [6, 6.07) is 0. The predicted octanol–water partition coefficient (Wildman–Crippen LogP) is 5.62. The van der Waals surface area contributed by atoms with E-state index in [1.165, 1.54) is 24.8 Å². The molecule has 0 aromatic carbocycles. The summed E-state index contributed by atoms with van der Waals surface area (Å²) in [5, 5.41) is 1.59. The maximum Gasteiger partial charge on any atom is 0.0104 e. The first-order valence-electron chi connectivity index (χ1n) is 7.28. The van der Waals surface area contributed by atoms with Crippen molar-refractivity contribution in [3.8, 4) is 0 Å². The SMILES string of the molecule is C=C1C(CC(C)(C)C)S(C)(C)C(C)CCC1(C)C. The molecule has 2 unspecified atom stereocenters. The molecule has 0 amide bonds. The summed E-state index contributed by atoms with van der Waals surface area (Å²) in [7, 11) is -0.592. The van der Waals surface area contributed by atoms with Gasteiger partial charge >= 0.3 is 0 Å². The summed E-state index contributed by atoms with van der Waals surface area (Å²) in [6.07, 6.45) is 9.06. The van der Waals surface area contributed by atoms with Gasteiger partial charge in [-0.1, -0.05) is 53.7 Å². The third-order valence-electron chi connectivity index (χ3n) is 5.00. The highest BCUT2D eigenvalue weighted by atomic mass is 32.3. The minimum atomic E-state index is -0.592. The largest absolute Gasteiger partial charge is 0.238 e. The van der Waals surface area contributed by atoms with Crippen LogP contribution >= 0.6 is 10.0 Å². The van der Waals surface area contributed by atoms with Crippen LogP contribution in [-0.4, -0.2) is 23.0 Å². The van der Waals surface area contributed by atoms with Crippen molar-refractivity contribution in [3.05, 3.63) is 12.2 Å². The van der Waals surface area contributed by atoms with Crippen molar-refractivity contribution in [3.63, 3.8) is 0 Å². The van der Waals surface area contributed by atoms with Crippen molar-refractivity contribution >= 4 is 10.0 Å². The molecule has 108 valence electrons. The van der Waals surface area contributed by atoms with E-state index in [1.54, 1.807) is 0 Å². The van der Waals surface area contributed by atoms with Crippen LogP contribution in [0.25, 0.3) is 0 Å². The van der Waals surface area contributed by atoms with Crippen LogP contribution in [0, 0.1) is 10.8 Å². The Balaban J connectivity index is 3.15. The van der Waals surface area contributed by atoms with Crippen LogP contribution in [0.3, 0.4) is 0 Å². The maximum absolute atomic E-state index is 4.54. The zero-order chi connectivity index (χ0) is 14.4. The lowest BCUT2D eigenvalue weighted by atomic mass is 9.76. The van der Waals surface area contributed by atoms with E-state index in [2.05, 4.69) is 60.6 Å². The van der Waals surface area contributed by atoms with Gasteiger partial charge in [-0.2, -0.15) is 0 Å². The van der Waals surface area contributed by atoms with Crippen LogP contribution in [0.4, 0.5) is 0 Å². The van der Waals surface area contributed by atoms with E-state index in [4.69, 9.17) is 0 Å². The molecule has 1 heterocycles. The summed E-state index contributed by atoms with van der Waals surface area (Å²) in [6.45, 7) is 18.9. The van der Waals surface area contributed by atoms with Crippen LogP contribution in [0.1, 0.15) is 60.8 Å². The van der Waals surface area contributed by atoms with Gasteiger partial charge in [0.1, 0.15) is 0 Å². The lowest BCUT2D eigenvalue weighted by Gasteiger charge is -2.48. The zero-order valence-electron chi connectivity index (χ0n) is 13.9. The first kappa shape index (κ1) is 16.1. The monoisotopic (exact) mass is 270 g/mol. The molecule has 1 fully saturated rings. The van der Waals surface area contributed by atoms with E-state index in [1.807, 2.05) is 0 Å². The molecule has 0 nitrogen and oxygen atoms in total. The van der Waals surface area contributed by atoms with Crippen LogP contribution in [-0.2, 0) is 0 Å². The smallest absolute Gasteiger partial charge is 0.0104 e. The number of hydrogen-bond donors (Lipinski definition) is 0. The predicted molar refractivity (Wildman–Crippen MR) is 88.9 cm³/mol. The molecule has 0 saturated carbocycles. The van der Waals surface area contributed by atoms with E-state index >= 15 is 0 Å². The van der Waals surface area contributed by atoms with E-state index < -0.39 is 10.0 Å². The lowest BCUT2D eigenvalue weighted by Crippen LogP contribution is -2.31. The molecule has 18 heavy (non-hydrogen) atoms. The summed E-state index contributed by atoms with van der Waals surface area (Å²) in [5.41, 5.74) is 2.25. The summed E-state index contributed by atoms with van der Waals surface area (Å²) >= 11 is 0. The topological polar surface area (TPSA) is 0 Å². The highest BCUT2D eigenvalue weighted by molar-refractivity contribution is 8.33. The van der Waals surface area contributed by atoms with Crippen molar-refractivity contribution < 1.29 is 0 Å². The molecule has 0 radical (unpaired) electrons. The Morgan fingerprint density at radius 2 is 1.78 bits per heavy atom. The Bertz CT molecular complexity index is 317. The Kier molecular flexibility index (Phi) is 4.38. The normalized spacial score (nSPS) is 33.9. The highest BCUT2D eigenvalue weighted by Gasteiger charge is 2.42. The van der Waals surface area contributed by atoms with Gasteiger partial charge in [-0.15, -0.1) is 0 Å². The van der Waals surface area contributed by atoms with Gasteiger partial charge in [0.05, 0.1) is 0 Å². The molecule has 0 aliphatic carbocycles. The Hall–Kier alpha value is 0.0900. The molecule has 1 aliphatic heterocycles. The van der Waals surface area contributed by atoms with Crippen molar-refractivity contribution in [1.29, 1.82) is 0 Å². The Labute approximate surface area is 117 Å². The second-order valence-electron chi connectivity index (χ2n) is 8.50. The Morgan fingerprint density at radius 1 is 1.28 bits per heavy atom. The van der Waals surface area contributed by atoms with E-state index in [9.17, 15) is 0 Å². The Morgan fingerprint density at radius 3 is 2.22 bits per heavy atom. The minimum Gasteiger partial charge on any atom is -0.238 e. The van der Waals surface area contributed by atoms with Gasteiger partial charge in [0.2, 0.25) is 0 Å². The minimum absolute atomic E-state index is 0.324. The molecule has 2 atom stereocenters. The fraction of sp³-hybridized carbons (Fsp3) is 0.882. The molecular formula is C17H34S. The molecule has 0 N–H and O–H groups in total. The average molecular weight is 271 g/mol. The molecule has 0 bridgehead atoms. The second-order valence-corrected chi connectivity index (χ2v) is 12.8. The third kappa shape index (κ3) is 3.35. The lowest BCUT2D eigenvalue weighted by molar-refractivity contribution is 0.346. The molecule has 1 aliphatic rings. The van der Waals surface area contributed by atoms with Gasteiger partial charge < -0.3 is 0 Å². The first-order chi connectivity index (χ1) is 7.88. The quantitative estimate of drug-likeness (QED) is 0.542. The van der Waals surface area contributed by atoms with Crippen molar-refractivity contribution in [2.24, 2.45) is 10.8 Å². The summed E-state index contributed by atoms with van der Waals surface area (Å²) in [5.74, 6) is 0. The van der Waals surface area contributed by atoms with Gasteiger partial charge in [-0.25, -0.2) is 10.0 Å². The van der Waals surface area contributed by atoms with Gasteiger partial charge in [0.15, 0.2) is 0 Å². The van der Waals surface area contributed by atoms with Crippen molar-refractivity contribution in [1.82, 2.24) is 0 Å². The molecule has 0 aromatic rings. The fourth-order valence-electron chi connectivity index (χ4n) is 3.01. The maximum atomic E-state index is 4.54. The molecule has 0 aromatic heterocycles. The molecule has 1 rings (SSSR count). The number of hydrogen-bond acceptors (Lipinski definition) is 0. The summed E-state index contributed by atoms with van der Waals surface area (Å²) in [4.78, 5) is 0. The zero-order valence-corrected chi connectivity index (χ0v) is 14.7. The van der Waals surface area contributed by atoms with Gasteiger partial charge in [-0.05, 0) is 47.9 Å². The van der Waals surface area contributed by atoms with Crippen molar-refractivity contribution in [2.75, 3.05) is 12.5 Å². The van der Waals surface area contributed by atoms with Crippen LogP contribution in [0.5, 0.6) is 0 Å². The van der Waals surface area contributed by atoms with Crippen LogP contribution < -0.4 is 0 Å². The highest BCUT2D eigenvalue weighted by Crippen LogP contribution is 2.62. The first-order valence-corrected chi connectivity index (χ1v) is 9.86. The number of rotatable bonds is 1. The van der Waals surface area contributed by atoms with Crippen LogP contribution in [0.15, 0.2) is 12.2 Å². The van der Waals surface area contributed by atoms with Crippen LogP contribution in [0.2, 0.25) is 0 Å². The van der Waals surface area contributed by atoms with Crippen molar-refractivity contribution in [2.45, 2.75) is 71.3 Å². The van der Waals surface area contributed by atoms with E-state index in [0.717, 1.165) is 10.5 Å². The van der Waals surface area contributed by atoms with E-state index in [-0.39, 0.29) is 0 Å². The molecular weight excluding hydrogens is 236 g/mol. The molecule has 1 saturated heterocycles.